The lowest BCUT2D eigenvalue weighted by Crippen LogP contribution is -2.51. The summed E-state index contributed by atoms with van der Waals surface area (Å²) in [6.45, 7) is 3.92. The molecule has 26 heavy (non-hydrogen) atoms. The van der Waals surface area contributed by atoms with Crippen molar-refractivity contribution in [3.8, 4) is 11.5 Å². The first-order valence-corrected chi connectivity index (χ1v) is 9.82. The first kappa shape index (κ1) is 18.8. The molecule has 8 heteroatoms. The third-order valence-corrected chi connectivity index (χ3v) is 5.70. The van der Waals surface area contributed by atoms with E-state index in [0.29, 0.717) is 24.7 Å². The van der Waals surface area contributed by atoms with Crippen LogP contribution in [0.2, 0.25) is 0 Å². The number of carbonyl (C=O) groups is 2. The summed E-state index contributed by atoms with van der Waals surface area (Å²) in [4.78, 5) is 29.9. The third kappa shape index (κ3) is 4.42. The van der Waals surface area contributed by atoms with Crippen LogP contribution in [0.5, 0.6) is 11.5 Å². The van der Waals surface area contributed by atoms with Crippen molar-refractivity contribution >= 4 is 23.6 Å². The Morgan fingerprint density at radius 3 is 2.54 bits per heavy atom. The molecule has 0 saturated carbocycles. The monoisotopic (exact) mass is 379 g/mol. The summed E-state index contributed by atoms with van der Waals surface area (Å²) >= 11 is 1.56. The van der Waals surface area contributed by atoms with Crippen molar-refractivity contribution in [3.05, 3.63) is 23.8 Å². The van der Waals surface area contributed by atoms with Crippen molar-refractivity contribution in [1.29, 1.82) is 0 Å². The zero-order valence-electron chi connectivity index (χ0n) is 15.3. The van der Waals surface area contributed by atoms with E-state index in [9.17, 15) is 9.59 Å². The van der Waals surface area contributed by atoms with Gasteiger partial charge in [-0.05, 0) is 18.2 Å². The van der Waals surface area contributed by atoms with Crippen LogP contribution >= 0.6 is 11.8 Å². The maximum atomic E-state index is 12.4. The fourth-order valence-corrected chi connectivity index (χ4v) is 4.11. The number of hydrogen-bond acceptors (Lipinski definition) is 6. The van der Waals surface area contributed by atoms with Gasteiger partial charge in [-0.25, -0.2) is 0 Å². The molecule has 2 saturated heterocycles. The van der Waals surface area contributed by atoms with E-state index in [0.717, 1.165) is 36.7 Å². The first-order valence-electron chi connectivity index (χ1n) is 8.67. The topological polar surface area (TPSA) is 62.3 Å². The van der Waals surface area contributed by atoms with Crippen molar-refractivity contribution in [3.63, 3.8) is 0 Å². The number of ether oxygens (including phenoxy) is 2. The third-order valence-electron chi connectivity index (χ3n) is 4.76. The number of amides is 2. The maximum Gasteiger partial charge on any atom is 0.242 e. The molecule has 2 heterocycles. The highest BCUT2D eigenvalue weighted by Gasteiger charge is 2.27. The second kappa shape index (κ2) is 8.64. The van der Waals surface area contributed by atoms with Crippen molar-refractivity contribution in [2.24, 2.45) is 0 Å². The lowest BCUT2D eigenvalue weighted by molar-refractivity contribution is -0.139. The van der Waals surface area contributed by atoms with Gasteiger partial charge in [0.15, 0.2) is 0 Å². The molecule has 0 bridgehead atoms. The fourth-order valence-electron chi connectivity index (χ4n) is 3.21. The normalized spacial score (nSPS) is 18.3. The van der Waals surface area contributed by atoms with E-state index in [1.54, 1.807) is 30.9 Å². The molecule has 0 N–H and O–H groups in total. The number of nitrogens with zero attached hydrogens (tertiary/aromatic N) is 3. The van der Waals surface area contributed by atoms with Crippen LogP contribution in [-0.4, -0.2) is 85.1 Å². The van der Waals surface area contributed by atoms with Gasteiger partial charge in [-0.3, -0.25) is 14.5 Å². The molecular weight excluding hydrogens is 354 g/mol. The molecule has 3 rings (SSSR count). The Bertz CT molecular complexity index is 662. The minimum Gasteiger partial charge on any atom is -0.497 e. The van der Waals surface area contributed by atoms with E-state index in [1.165, 1.54) is 0 Å². The molecule has 0 aliphatic carbocycles. The molecular formula is C18H25N3O4S. The van der Waals surface area contributed by atoms with Gasteiger partial charge >= 0.3 is 0 Å². The molecule has 2 fully saturated rings. The molecule has 0 spiro atoms. The largest absolute Gasteiger partial charge is 0.497 e. The van der Waals surface area contributed by atoms with Crippen LogP contribution < -0.4 is 9.47 Å². The van der Waals surface area contributed by atoms with Crippen LogP contribution in [0.1, 0.15) is 5.56 Å². The SMILES string of the molecule is COc1ccc(OC)c(CN2CCN(C(=O)CN3CSCC3=O)CC2)c1. The zero-order valence-corrected chi connectivity index (χ0v) is 16.1. The van der Waals surface area contributed by atoms with Gasteiger partial charge in [0.25, 0.3) is 0 Å². The molecule has 2 amide bonds. The van der Waals surface area contributed by atoms with Crippen molar-refractivity contribution in [2.45, 2.75) is 6.54 Å². The van der Waals surface area contributed by atoms with Crippen molar-refractivity contribution in [1.82, 2.24) is 14.7 Å². The Kier molecular flexibility index (Phi) is 6.26. The Hall–Kier alpha value is -1.93. The first-order chi connectivity index (χ1) is 12.6. The molecule has 0 atom stereocenters. The molecule has 7 nitrogen and oxygen atoms in total. The summed E-state index contributed by atoms with van der Waals surface area (Å²) < 4.78 is 10.7. The number of piperazine rings is 1. The number of carbonyl (C=O) groups excluding carboxylic acids is 2. The van der Waals surface area contributed by atoms with Gasteiger partial charge in [-0.15, -0.1) is 11.8 Å². The highest BCUT2D eigenvalue weighted by Crippen LogP contribution is 2.25. The molecule has 0 aromatic heterocycles. The van der Waals surface area contributed by atoms with Crippen LogP contribution in [0, 0.1) is 0 Å². The van der Waals surface area contributed by atoms with Gasteiger partial charge in [-0.2, -0.15) is 0 Å². The summed E-state index contributed by atoms with van der Waals surface area (Å²) in [5.74, 6) is 2.87. The fraction of sp³-hybridized carbons (Fsp3) is 0.556. The number of hydrogen-bond donors (Lipinski definition) is 0. The zero-order chi connectivity index (χ0) is 18.5. The number of rotatable bonds is 6. The van der Waals surface area contributed by atoms with Gasteiger partial charge in [-0.1, -0.05) is 0 Å². The Morgan fingerprint density at radius 2 is 1.92 bits per heavy atom. The molecule has 0 unspecified atom stereocenters. The van der Waals surface area contributed by atoms with Gasteiger partial charge in [0.05, 0.1) is 25.8 Å². The summed E-state index contributed by atoms with van der Waals surface area (Å²) in [6, 6.07) is 5.79. The minimum atomic E-state index is 0.0412. The second-order valence-electron chi connectivity index (χ2n) is 6.40. The van der Waals surface area contributed by atoms with Crippen LogP contribution in [0.25, 0.3) is 0 Å². The average Bonchev–Trinajstić information content (AvgIpc) is 3.06. The summed E-state index contributed by atoms with van der Waals surface area (Å²) in [5.41, 5.74) is 1.08. The molecule has 1 aromatic rings. The van der Waals surface area contributed by atoms with Gasteiger partial charge < -0.3 is 19.3 Å². The summed E-state index contributed by atoms with van der Waals surface area (Å²) in [6.07, 6.45) is 0. The smallest absolute Gasteiger partial charge is 0.242 e. The van der Waals surface area contributed by atoms with E-state index in [1.807, 2.05) is 23.1 Å². The maximum absolute atomic E-state index is 12.4. The Morgan fingerprint density at radius 1 is 1.15 bits per heavy atom. The molecule has 142 valence electrons. The van der Waals surface area contributed by atoms with Crippen LogP contribution in [0.15, 0.2) is 18.2 Å². The number of thioether (sulfide) groups is 1. The standard InChI is InChI=1S/C18H25N3O4S/c1-24-15-3-4-16(25-2)14(9-15)10-19-5-7-20(8-6-19)17(22)11-21-13-26-12-18(21)23/h3-4,9H,5-8,10-13H2,1-2H3. The van der Waals surface area contributed by atoms with Gasteiger partial charge in [0, 0.05) is 38.3 Å². The number of methoxy groups -OCH3 is 2. The Labute approximate surface area is 158 Å². The van der Waals surface area contributed by atoms with Crippen molar-refractivity contribution in [2.75, 3.05) is 58.6 Å². The molecule has 0 radical (unpaired) electrons. The van der Waals surface area contributed by atoms with E-state index in [4.69, 9.17) is 9.47 Å². The van der Waals surface area contributed by atoms with Crippen LogP contribution in [-0.2, 0) is 16.1 Å². The predicted molar refractivity (Wildman–Crippen MR) is 100 cm³/mol. The van der Waals surface area contributed by atoms with E-state index < -0.39 is 0 Å². The Balaban J connectivity index is 1.52. The molecule has 2 aliphatic heterocycles. The lowest BCUT2D eigenvalue weighted by atomic mass is 10.1. The quantitative estimate of drug-likeness (QED) is 0.731. The van der Waals surface area contributed by atoms with Crippen LogP contribution in [0.3, 0.4) is 0 Å². The summed E-state index contributed by atoms with van der Waals surface area (Å²) in [7, 11) is 3.32. The van der Waals surface area contributed by atoms with E-state index in [-0.39, 0.29) is 18.4 Å². The van der Waals surface area contributed by atoms with Gasteiger partial charge in [0.2, 0.25) is 11.8 Å². The number of benzene rings is 1. The average molecular weight is 379 g/mol. The van der Waals surface area contributed by atoms with Crippen molar-refractivity contribution < 1.29 is 19.1 Å². The molecule has 2 aliphatic rings. The van der Waals surface area contributed by atoms with Crippen LogP contribution in [0.4, 0.5) is 0 Å². The van der Waals surface area contributed by atoms with E-state index >= 15 is 0 Å². The van der Waals surface area contributed by atoms with E-state index in [2.05, 4.69) is 4.90 Å². The lowest BCUT2D eigenvalue weighted by Gasteiger charge is -2.35. The van der Waals surface area contributed by atoms with Gasteiger partial charge in [0.1, 0.15) is 18.0 Å². The predicted octanol–water partition coefficient (Wildman–Crippen LogP) is 0.881. The highest BCUT2D eigenvalue weighted by atomic mass is 32.2. The molecule has 1 aromatic carbocycles. The minimum absolute atomic E-state index is 0.0412. The second-order valence-corrected chi connectivity index (χ2v) is 7.36. The summed E-state index contributed by atoms with van der Waals surface area (Å²) in [5, 5.41) is 0. The highest BCUT2D eigenvalue weighted by molar-refractivity contribution is 8.00.